The molecule has 18 heavy (non-hydrogen) atoms. The topological polar surface area (TPSA) is 73.1 Å². The van der Waals surface area contributed by atoms with E-state index in [9.17, 15) is 0 Å². The van der Waals surface area contributed by atoms with E-state index < -0.39 is 0 Å². The normalized spacial score (nSPS) is 12.4. The Hall–Kier alpha value is -1.95. The number of methoxy groups -OCH3 is 1. The van der Waals surface area contributed by atoms with Crippen LogP contribution in [0.25, 0.3) is 11.5 Å². The van der Waals surface area contributed by atoms with E-state index in [2.05, 4.69) is 20.4 Å². The minimum atomic E-state index is 0.101. The van der Waals surface area contributed by atoms with Gasteiger partial charge < -0.3 is 14.6 Å². The molecule has 0 aliphatic rings. The van der Waals surface area contributed by atoms with Crippen LogP contribution in [-0.2, 0) is 4.74 Å². The molecule has 6 nitrogen and oxygen atoms in total. The minimum absolute atomic E-state index is 0.101. The lowest BCUT2D eigenvalue weighted by Gasteiger charge is -2.12. The first-order valence-electron chi connectivity index (χ1n) is 5.73. The maximum absolute atomic E-state index is 5.18. The fraction of sp³-hybridized carbons (Fsp3) is 0.417. The lowest BCUT2D eigenvalue weighted by Crippen LogP contribution is -2.19. The van der Waals surface area contributed by atoms with E-state index >= 15 is 0 Å². The van der Waals surface area contributed by atoms with Crippen molar-refractivity contribution in [3.63, 3.8) is 0 Å². The number of hydrogen-bond acceptors (Lipinski definition) is 6. The Labute approximate surface area is 105 Å². The van der Waals surface area contributed by atoms with Gasteiger partial charge in [-0.25, -0.2) is 4.98 Å². The van der Waals surface area contributed by atoms with Crippen LogP contribution in [0.5, 0.6) is 0 Å². The molecule has 0 aromatic carbocycles. The van der Waals surface area contributed by atoms with Crippen molar-refractivity contribution in [2.75, 3.05) is 19.0 Å². The molecule has 0 aliphatic carbocycles. The summed E-state index contributed by atoms with van der Waals surface area (Å²) < 4.78 is 10.3. The Morgan fingerprint density at radius 3 is 3.00 bits per heavy atom. The average Bonchev–Trinajstić information content (AvgIpc) is 2.83. The smallest absolute Gasteiger partial charge is 0.261 e. The Bertz CT molecular complexity index is 512. The molecule has 0 aliphatic heterocycles. The molecule has 1 unspecified atom stereocenters. The Morgan fingerprint density at radius 1 is 1.50 bits per heavy atom. The SMILES string of the molecule is COC(C)CNc1ncccc1-c1nc(C)no1. The number of nitrogens with zero attached hydrogens (tertiary/aromatic N) is 3. The van der Waals surface area contributed by atoms with Crippen LogP contribution >= 0.6 is 0 Å². The van der Waals surface area contributed by atoms with E-state index in [1.165, 1.54) is 0 Å². The molecule has 96 valence electrons. The van der Waals surface area contributed by atoms with Gasteiger partial charge in [0.05, 0.1) is 11.7 Å². The van der Waals surface area contributed by atoms with Gasteiger partial charge in [-0.2, -0.15) is 4.98 Å². The van der Waals surface area contributed by atoms with Crippen molar-refractivity contribution in [2.24, 2.45) is 0 Å². The van der Waals surface area contributed by atoms with Gasteiger partial charge in [0.2, 0.25) is 0 Å². The zero-order valence-corrected chi connectivity index (χ0v) is 10.7. The second-order valence-corrected chi connectivity index (χ2v) is 3.97. The summed E-state index contributed by atoms with van der Waals surface area (Å²) in [6.45, 7) is 4.42. The summed E-state index contributed by atoms with van der Waals surface area (Å²) in [5.74, 6) is 1.78. The Kier molecular flexibility index (Phi) is 3.88. The van der Waals surface area contributed by atoms with E-state index in [0.717, 1.165) is 5.56 Å². The maximum Gasteiger partial charge on any atom is 0.261 e. The molecule has 0 spiro atoms. The van der Waals surface area contributed by atoms with Crippen LogP contribution in [0.3, 0.4) is 0 Å². The van der Waals surface area contributed by atoms with Crippen LogP contribution in [0.2, 0.25) is 0 Å². The van der Waals surface area contributed by atoms with Crippen LogP contribution in [0.15, 0.2) is 22.9 Å². The fourth-order valence-corrected chi connectivity index (χ4v) is 1.45. The van der Waals surface area contributed by atoms with Crippen molar-refractivity contribution in [3.05, 3.63) is 24.2 Å². The first-order valence-corrected chi connectivity index (χ1v) is 5.73. The van der Waals surface area contributed by atoms with Crippen LogP contribution in [-0.4, -0.2) is 34.9 Å². The summed E-state index contributed by atoms with van der Waals surface area (Å²) >= 11 is 0. The monoisotopic (exact) mass is 248 g/mol. The third-order valence-electron chi connectivity index (χ3n) is 2.53. The lowest BCUT2D eigenvalue weighted by molar-refractivity contribution is 0.128. The van der Waals surface area contributed by atoms with Crippen molar-refractivity contribution in [1.29, 1.82) is 0 Å². The van der Waals surface area contributed by atoms with Crippen molar-refractivity contribution in [1.82, 2.24) is 15.1 Å². The summed E-state index contributed by atoms with van der Waals surface area (Å²) in [5, 5.41) is 6.99. The largest absolute Gasteiger partial charge is 0.380 e. The number of anilines is 1. The molecule has 0 fully saturated rings. The van der Waals surface area contributed by atoms with Crippen molar-refractivity contribution < 1.29 is 9.26 Å². The van der Waals surface area contributed by atoms with Crippen molar-refractivity contribution in [2.45, 2.75) is 20.0 Å². The van der Waals surface area contributed by atoms with Gasteiger partial charge in [-0.3, -0.25) is 0 Å². The standard InChI is InChI=1S/C12H16N4O2/c1-8(17-3)7-14-11-10(5-4-6-13-11)12-15-9(2)16-18-12/h4-6,8H,7H2,1-3H3,(H,13,14). The number of hydrogen-bond donors (Lipinski definition) is 1. The predicted molar refractivity (Wildman–Crippen MR) is 67.2 cm³/mol. The molecule has 0 radical (unpaired) electrons. The molecule has 1 atom stereocenters. The van der Waals surface area contributed by atoms with E-state index in [1.54, 1.807) is 20.2 Å². The summed E-state index contributed by atoms with van der Waals surface area (Å²) in [5.41, 5.74) is 0.793. The second-order valence-electron chi connectivity index (χ2n) is 3.97. The van der Waals surface area contributed by atoms with Gasteiger partial charge in [-0.1, -0.05) is 5.16 Å². The average molecular weight is 248 g/mol. The summed E-state index contributed by atoms with van der Waals surface area (Å²) in [7, 11) is 1.67. The number of nitrogens with one attached hydrogen (secondary N) is 1. The highest BCUT2D eigenvalue weighted by molar-refractivity contribution is 5.68. The first kappa shape index (κ1) is 12.5. The molecule has 2 rings (SSSR count). The number of pyridine rings is 1. The Morgan fingerprint density at radius 2 is 2.33 bits per heavy atom. The van der Waals surface area contributed by atoms with E-state index in [4.69, 9.17) is 9.26 Å². The van der Waals surface area contributed by atoms with Crippen LogP contribution in [0.1, 0.15) is 12.7 Å². The number of aromatic nitrogens is 3. The molecule has 2 aromatic rings. The quantitative estimate of drug-likeness (QED) is 0.871. The zero-order valence-electron chi connectivity index (χ0n) is 10.7. The molecule has 0 bridgehead atoms. The van der Waals surface area contributed by atoms with Gasteiger partial charge >= 0.3 is 0 Å². The molecule has 0 saturated heterocycles. The summed E-state index contributed by atoms with van der Waals surface area (Å²) in [4.78, 5) is 8.48. The highest BCUT2D eigenvalue weighted by Crippen LogP contribution is 2.23. The highest BCUT2D eigenvalue weighted by Gasteiger charge is 2.12. The van der Waals surface area contributed by atoms with Crippen molar-refractivity contribution in [3.8, 4) is 11.5 Å². The third kappa shape index (κ3) is 2.84. The maximum atomic E-state index is 5.18. The van der Waals surface area contributed by atoms with Gasteiger partial charge in [-0.15, -0.1) is 0 Å². The van der Waals surface area contributed by atoms with E-state index in [1.807, 2.05) is 19.1 Å². The molecule has 0 saturated carbocycles. The molecule has 2 aromatic heterocycles. The van der Waals surface area contributed by atoms with E-state index in [-0.39, 0.29) is 6.10 Å². The second kappa shape index (κ2) is 5.59. The molecule has 2 heterocycles. The molecular formula is C12H16N4O2. The molecule has 0 amide bonds. The number of rotatable bonds is 5. The van der Waals surface area contributed by atoms with Crippen LogP contribution < -0.4 is 5.32 Å². The van der Waals surface area contributed by atoms with Crippen LogP contribution in [0.4, 0.5) is 5.82 Å². The molecule has 6 heteroatoms. The number of ether oxygens (including phenoxy) is 1. The van der Waals surface area contributed by atoms with Gasteiger partial charge in [0.25, 0.3) is 5.89 Å². The lowest BCUT2D eigenvalue weighted by atomic mass is 10.2. The first-order chi connectivity index (χ1) is 8.70. The third-order valence-corrected chi connectivity index (χ3v) is 2.53. The zero-order chi connectivity index (χ0) is 13.0. The van der Waals surface area contributed by atoms with E-state index in [0.29, 0.717) is 24.1 Å². The van der Waals surface area contributed by atoms with Gasteiger partial charge in [0.1, 0.15) is 5.82 Å². The molecule has 1 N–H and O–H groups in total. The van der Waals surface area contributed by atoms with Gasteiger partial charge in [-0.05, 0) is 26.0 Å². The molecular weight excluding hydrogens is 232 g/mol. The van der Waals surface area contributed by atoms with Gasteiger partial charge in [0.15, 0.2) is 5.82 Å². The van der Waals surface area contributed by atoms with Gasteiger partial charge in [0, 0.05) is 19.9 Å². The summed E-state index contributed by atoms with van der Waals surface area (Å²) in [6, 6.07) is 3.72. The predicted octanol–water partition coefficient (Wildman–Crippen LogP) is 1.89. The Balaban J connectivity index is 2.20. The highest BCUT2D eigenvalue weighted by atomic mass is 16.5. The fourth-order valence-electron chi connectivity index (χ4n) is 1.45. The number of aryl methyl sites for hydroxylation is 1. The minimum Gasteiger partial charge on any atom is -0.380 e. The van der Waals surface area contributed by atoms with Crippen LogP contribution in [0, 0.1) is 6.92 Å². The van der Waals surface area contributed by atoms with Crippen molar-refractivity contribution >= 4 is 5.82 Å². The summed E-state index contributed by atoms with van der Waals surface area (Å²) in [6.07, 6.45) is 1.82.